The molecular formula is C24H18F3N3O3S. The summed E-state index contributed by atoms with van der Waals surface area (Å²) in [5.74, 6) is -1.52. The highest BCUT2D eigenvalue weighted by Crippen LogP contribution is 2.37. The van der Waals surface area contributed by atoms with Gasteiger partial charge in [0.25, 0.3) is 11.8 Å². The third-order valence-corrected chi connectivity index (χ3v) is 5.81. The summed E-state index contributed by atoms with van der Waals surface area (Å²) in [6.07, 6.45) is -2.61. The minimum absolute atomic E-state index is 0.00268. The normalized spacial score (nSPS) is 11.3. The minimum atomic E-state index is -4.78. The van der Waals surface area contributed by atoms with Gasteiger partial charge < -0.3 is 15.1 Å². The van der Waals surface area contributed by atoms with Crippen molar-refractivity contribution in [1.82, 2.24) is 4.98 Å². The largest absolute Gasteiger partial charge is 0.459 e. The Labute approximate surface area is 196 Å². The molecule has 0 aliphatic heterocycles. The van der Waals surface area contributed by atoms with Crippen LogP contribution in [0.25, 0.3) is 10.6 Å². The molecule has 2 aromatic heterocycles. The summed E-state index contributed by atoms with van der Waals surface area (Å²) in [4.78, 5) is 29.0. The van der Waals surface area contributed by atoms with Crippen LogP contribution in [-0.4, -0.2) is 16.8 Å². The van der Waals surface area contributed by atoms with Gasteiger partial charge in [0.1, 0.15) is 10.7 Å². The SMILES string of the molecule is CCc1ccc(-c2nc(C(=O)Nc3ccc(NC(=O)c4ccco4)cc3C(F)(F)F)cs2)cc1. The fourth-order valence-electron chi connectivity index (χ4n) is 3.15. The van der Waals surface area contributed by atoms with E-state index in [-0.39, 0.29) is 17.1 Å². The second-order valence-electron chi connectivity index (χ2n) is 7.23. The van der Waals surface area contributed by atoms with Crippen molar-refractivity contribution < 1.29 is 27.2 Å². The smallest absolute Gasteiger partial charge is 0.418 e. The number of carbonyl (C=O) groups is 2. The summed E-state index contributed by atoms with van der Waals surface area (Å²) in [6.45, 7) is 2.04. The molecule has 0 spiro atoms. The molecule has 34 heavy (non-hydrogen) atoms. The number of nitrogens with one attached hydrogen (secondary N) is 2. The number of benzene rings is 2. The number of halogens is 3. The van der Waals surface area contributed by atoms with Crippen LogP contribution in [0, 0.1) is 0 Å². The monoisotopic (exact) mass is 485 g/mol. The van der Waals surface area contributed by atoms with E-state index in [1.807, 2.05) is 31.2 Å². The topological polar surface area (TPSA) is 84.2 Å². The van der Waals surface area contributed by atoms with E-state index in [2.05, 4.69) is 15.6 Å². The molecule has 0 aliphatic rings. The van der Waals surface area contributed by atoms with Crippen LogP contribution >= 0.6 is 11.3 Å². The van der Waals surface area contributed by atoms with Crippen LogP contribution in [0.15, 0.2) is 70.7 Å². The predicted octanol–water partition coefficient (Wildman–Crippen LogP) is 6.49. The first kappa shape index (κ1) is 23.2. The number of thiazole rings is 1. The van der Waals surface area contributed by atoms with Gasteiger partial charge in [-0.05, 0) is 42.3 Å². The van der Waals surface area contributed by atoms with E-state index >= 15 is 0 Å². The number of anilines is 2. The molecule has 0 fully saturated rings. The molecule has 0 aliphatic carbocycles. The number of nitrogens with zero attached hydrogens (tertiary/aromatic N) is 1. The molecule has 4 rings (SSSR count). The Balaban J connectivity index is 1.54. The van der Waals surface area contributed by atoms with Gasteiger partial charge in [0, 0.05) is 16.6 Å². The predicted molar refractivity (Wildman–Crippen MR) is 123 cm³/mol. The Kier molecular flexibility index (Phi) is 6.51. The van der Waals surface area contributed by atoms with Gasteiger partial charge >= 0.3 is 6.18 Å². The maximum Gasteiger partial charge on any atom is 0.418 e. The van der Waals surface area contributed by atoms with Crippen molar-refractivity contribution in [3.8, 4) is 10.6 Å². The summed E-state index contributed by atoms with van der Waals surface area (Å²) < 4.78 is 46.0. The Morgan fingerprint density at radius 3 is 2.44 bits per heavy atom. The van der Waals surface area contributed by atoms with Crippen LogP contribution in [0.1, 0.15) is 39.1 Å². The molecule has 2 amide bonds. The first-order chi connectivity index (χ1) is 16.2. The van der Waals surface area contributed by atoms with E-state index in [1.54, 1.807) is 0 Å². The van der Waals surface area contributed by atoms with Gasteiger partial charge in [-0.2, -0.15) is 13.2 Å². The van der Waals surface area contributed by atoms with Crippen molar-refractivity contribution in [2.75, 3.05) is 10.6 Å². The summed E-state index contributed by atoms with van der Waals surface area (Å²) >= 11 is 1.22. The number of furan rings is 1. The van der Waals surface area contributed by atoms with Crippen molar-refractivity contribution in [3.05, 3.63) is 88.8 Å². The second-order valence-corrected chi connectivity index (χ2v) is 8.09. The molecule has 0 bridgehead atoms. The number of rotatable bonds is 6. The number of hydrogen-bond donors (Lipinski definition) is 2. The zero-order valence-electron chi connectivity index (χ0n) is 17.8. The highest BCUT2D eigenvalue weighted by Gasteiger charge is 2.34. The third-order valence-electron chi connectivity index (χ3n) is 4.92. The van der Waals surface area contributed by atoms with Crippen molar-refractivity contribution in [1.29, 1.82) is 0 Å². The summed E-state index contributed by atoms with van der Waals surface area (Å²) in [5, 5.41) is 6.69. The summed E-state index contributed by atoms with van der Waals surface area (Å²) in [5.41, 5.74) is 0.316. The number of carbonyl (C=O) groups excluding carboxylic acids is 2. The second kappa shape index (κ2) is 9.52. The lowest BCUT2D eigenvalue weighted by Crippen LogP contribution is -2.18. The van der Waals surface area contributed by atoms with Gasteiger partial charge in [0.15, 0.2) is 5.76 Å². The number of hydrogen-bond acceptors (Lipinski definition) is 5. The van der Waals surface area contributed by atoms with Crippen LogP contribution in [0.4, 0.5) is 24.5 Å². The standard InChI is InChI=1S/C24H18F3N3O3S/c1-2-14-5-7-15(8-6-14)23-30-19(13-34-23)21(31)29-18-10-9-16(12-17(18)24(25,26)27)28-22(32)20-4-3-11-33-20/h3-13H,2H2,1H3,(H,28,32)(H,29,31). The molecule has 2 heterocycles. The molecule has 174 valence electrons. The van der Waals surface area contributed by atoms with Gasteiger partial charge in [-0.3, -0.25) is 9.59 Å². The average molecular weight is 485 g/mol. The van der Waals surface area contributed by atoms with E-state index in [1.165, 1.54) is 41.2 Å². The Morgan fingerprint density at radius 2 is 1.79 bits per heavy atom. The molecule has 0 unspecified atom stereocenters. The van der Waals surface area contributed by atoms with Gasteiger partial charge in [0.05, 0.1) is 17.5 Å². The minimum Gasteiger partial charge on any atom is -0.459 e. The number of aryl methyl sites for hydroxylation is 1. The highest BCUT2D eigenvalue weighted by atomic mass is 32.1. The van der Waals surface area contributed by atoms with Crippen LogP contribution in [0.3, 0.4) is 0 Å². The fraction of sp³-hybridized carbons (Fsp3) is 0.125. The quantitative estimate of drug-likeness (QED) is 0.327. The van der Waals surface area contributed by atoms with Gasteiger partial charge in [-0.25, -0.2) is 4.98 Å². The molecule has 0 radical (unpaired) electrons. The maximum absolute atomic E-state index is 13.7. The molecule has 4 aromatic rings. The molecule has 10 heteroatoms. The number of aromatic nitrogens is 1. The third kappa shape index (κ3) is 5.18. The summed E-state index contributed by atoms with van der Waals surface area (Å²) in [6, 6.07) is 13.6. The van der Waals surface area contributed by atoms with Gasteiger partial charge in [0.2, 0.25) is 0 Å². The Morgan fingerprint density at radius 1 is 1.03 bits per heavy atom. The lowest BCUT2D eigenvalue weighted by atomic mass is 10.1. The van der Waals surface area contributed by atoms with Crippen LogP contribution in [0.5, 0.6) is 0 Å². The van der Waals surface area contributed by atoms with Crippen LogP contribution in [0.2, 0.25) is 0 Å². The lowest BCUT2D eigenvalue weighted by Gasteiger charge is -2.15. The molecule has 0 atom stereocenters. The fourth-order valence-corrected chi connectivity index (χ4v) is 3.95. The molecular weight excluding hydrogens is 467 g/mol. The Hall–Kier alpha value is -3.92. The molecule has 2 aromatic carbocycles. The Bertz CT molecular complexity index is 1310. The van der Waals surface area contributed by atoms with E-state index in [4.69, 9.17) is 4.42 Å². The molecule has 6 nitrogen and oxygen atoms in total. The van der Waals surface area contributed by atoms with Gasteiger partial charge in [-0.1, -0.05) is 31.2 Å². The highest BCUT2D eigenvalue weighted by molar-refractivity contribution is 7.13. The van der Waals surface area contributed by atoms with Gasteiger partial charge in [-0.15, -0.1) is 11.3 Å². The van der Waals surface area contributed by atoms with Crippen molar-refractivity contribution in [3.63, 3.8) is 0 Å². The van der Waals surface area contributed by atoms with E-state index in [9.17, 15) is 22.8 Å². The van der Waals surface area contributed by atoms with Crippen molar-refractivity contribution in [2.45, 2.75) is 19.5 Å². The average Bonchev–Trinajstić information content (AvgIpc) is 3.52. The van der Waals surface area contributed by atoms with Crippen molar-refractivity contribution >= 4 is 34.5 Å². The van der Waals surface area contributed by atoms with Crippen LogP contribution in [-0.2, 0) is 12.6 Å². The molecule has 0 saturated heterocycles. The van der Waals surface area contributed by atoms with E-state index in [0.29, 0.717) is 5.01 Å². The zero-order chi connectivity index (χ0) is 24.3. The molecule has 0 saturated carbocycles. The van der Waals surface area contributed by atoms with E-state index in [0.717, 1.165) is 29.7 Å². The first-order valence-corrected chi connectivity index (χ1v) is 11.0. The van der Waals surface area contributed by atoms with E-state index < -0.39 is 29.2 Å². The van der Waals surface area contributed by atoms with Crippen molar-refractivity contribution in [2.24, 2.45) is 0 Å². The lowest BCUT2D eigenvalue weighted by molar-refractivity contribution is -0.136. The molecule has 2 N–H and O–H groups in total. The number of amides is 2. The zero-order valence-corrected chi connectivity index (χ0v) is 18.6. The summed E-state index contributed by atoms with van der Waals surface area (Å²) in [7, 11) is 0. The van der Waals surface area contributed by atoms with Crippen LogP contribution < -0.4 is 10.6 Å². The first-order valence-electron chi connectivity index (χ1n) is 10.2. The number of alkyl halides is 3. The maximum atomic E-state index is 13.7.